The maximum absolute atomic E-state index is 14.0. The minimum atomic E-state index is -0.387. The van der Waals surface area contributed by atoms with E-state index >= 15 is 0 Å². The maximum Gasteiger partial charge on any atom is 0.181 e. The van der Waals surface area contributed by atoms with Crippen molar-refractivity contribution >= 4 is 0 Å². The molecule has 1 aromatic heterocycles. The summed E-state index contributed by atoms with van der Waals surface area (Å²) in [5.74, 6) is 0.540. The fourth-order valence-electron chi connectivity index (χ4n) is 1.72. The van der Waals surface area contributed by atoms with E-state index in [1.807, 2.05) is 13.8 Å². The molecule has 102 valence electrons. The second-order valence-corrected chi connectivity index (χ2v) is 4.51. The second-order valence-electron chi connectivity index (χ2n) is 4.51. The lowest BCUT2D eigenvalue weighted by Gasteiger charge is -2.08. The molecule has 19 heavy (non-hydrogen) atoms. The van der Waals surface area contributed by atoms with E-state index in [0.29, 0.717) is 35.4 Å². The first-order valence-corrected chi connectivity index (χ1v) is 6.11. The Morgan fingerprint density at radius 2 is 2.21 bits per heavy atom. The predicted octanol–water partition coefficient (Wildman–Crippen LogP) is 2.99. The molecule has 0 radical (unpaired) electrons. The molecule has 5 heteroatoms. The molecule has 1 heterocycles. The third-order valence-corrected chi connectivity index (χ3v) is 2.74. The van der Waals surface area contributed by atoms with Gasteiger partial charge in [-0.2, -0.15) is 0 Å². The number of methoxy groups -OCH3 is 1. The van der Waals surface area contributed by atoms with Crippen LogP contribution in [0.2, 0.25) is 0 Å². The Morgan fingerprint density at radius 1 is 1.42 bits per heavy atom. The average Bonchev–Trinajstić information content (AvgIpc) is 2.84. The third-order valence-electron chi connectivity index (χ3n) is 2.74. The summed E-state index contributed by atoms with van der Waals surface area (Å²) in [5.41, 5.74) is 1.08. The van der Waals surface area contributed by atoms with Gasteiger partial charge >= 0.3 is 0 Å². The van der Waals surface area contributed by atoms with Crippen molar-refractivity contribution in [3.8, 4) is 17.1 Å². The van der Waals surface area contributed by atoms with Gasteiger partial charge in [-0.05, 0) is 12.1 Å². The Bertz CT molecular complexity index is 552. The first-order chi connectivity index (χ1) is 9.11. The molecule has 4 nitrogen and oxygen atoms in total. The summed E-state index contributed by atoms with van der Waals surface area (Å²) in [6, 6.07) is 4.98. The van der Waals surface area contributed by atoms with Crippen molar-refractivity contribution in [2.75, 3.05) is 7.11 Å². The maximum atomic E-state index is 14.0. The van der Waals surface area contributed by atoms with E-state index in [2.05, 4.69) is 10.3 Å². The van der Waals surface area contributed by atoms with Crippen LogP contribution in [0.1, 0.15) is 19.5 Å². The van der Waals surface area contributed by atoms with Gasteiger partial charge in [0.1, 0.15) is 17.3 Å². The second kappa shape index (κ2) is 5.84. The third kappa shape index (κ3) is 3.12. The highest BCUT2D eigenvalue weighted by Gasteiger charge is 2.15. The number of hydrogen-bond donors (Lipinski definition) is 1. The van der Waals surface area contributed by atoms with Crippen LogP contribution in [-0.2, 0) is 6.54 Å². The molecule has 0 aliphatic rings. The summed E-state index contributed by atoms with van der Waals surface area (Å²) in [5, 5.41) is 3.23. The first kappa shape index (κ1) is 13.5. The van der Waals surface area contributed by atoms with E-state index in [1.165, 1.54) is 19.6 Å². The lowest BCUT2D eigenvalue weighted by molar-refractivity contribution is 0.411. The van der Waals surface area contributed by atoms with Crippen LogP contribution in [0.25, 0.3) is 11.3 Å². The largest absolute Gasteiger partial charge is 0.497 e. The minimum absolute atomic E-state index is 0.324. The van der Waals surface area contributed by atoms with Gasteiger partial charge < -0.3 is 14.5 Å². The molecule has 0 saturated carbocycles. The summed E-state index contributed by atoms with van der Waals surface area (Å²) < 4.78 is 24.3. The zero-order chi connectivity index (χ0) is 13.8. The molecule has 0 spiro atoms. The van der Waals surface area contributed by atoms with Gasteiger partial charge in [-0.1, -0.05) is 13.8 Å². The highest BCUT2D eigenvalue weighted by molar-refractivity contribution is 5.61. The summed E-state index contributed by atoms with van der Waals surface area (Å²) in [6.45, 7) is 4.61. The first-order valence-electron chi connectivity index (χ1n) is 6.11. The van der Waals surface area contributed by atoms with E-state index in [9.17, 15) is 4.39 Å². The van der Waals surface area contributed by atoms with Crippen molar-refractivity contribution in [1.29, 1.82) is 0 Å². The fraction of sp³-hybridized carbons (Fsp3) is 0.357. The summed E-state index contributed by atoms with van der Waals surface area (Å²) in [4.78, 5) is 4.12. The van der Waals surface area contributed by atoms with E-state index in [0.717, 1.165) is 0 Å². The van der Waals surface area contributed by atoms with E-state index in [1.54, 1.807) is 12.1 Å². The van der Waals surface area contributed by atoms with E-state index in [-0.39, 0.29) is 5.82 Å². The number of oxazole rings is 1. The van der Waals surface area contributed by atoms with Gasteiger partial charge in [0.05, 0.1) is 12.7 Å². The van der Waals surface area contributed by atoms with Crippen LogP contribution in [0, 0.1) is 5.82 Å². The molecule has 0 atom stereocenters. The normalized spacial score (nSPS) is 11.0. The van der Waals surface area contributed by atoms with Crippen molar-refractivity contribution in [2.24, 2.45) is 0 Å². The summed E-state index contributed by atoms with van der Waals surface area (Å²) >= 11 is 0. The van der Waals surface area contributed by atoms with Crippen LogP contribution < -0.4 is 10.1 Å². The lowest BCUT2D eigenvalue weighted by atomic mass is 10.1. The van der Waals surface area contributed by atoms with Crippen molar-refractivity contribution < 1.29 is 13.5 Å². The molecular weight excluding hydrogens is 247 g/mol. The van der Waals surface area contributed by atoms with E-state index in [4.69, 9.17) is 9.15 Å². The fourth-order valence-corrected chi connectivity index (χ4v) is 1.72. The quantitative estimate of drug-likeness (QED) is 0.901. The van der Waals surface area contributed by atoms with Gasteiger partial charge in [-0.15, -0.1) is 0 Å². The topological polar surface area (TPSA) is 47.3 Å². The Labute approximate surface area is 111 Å². The molecule has 1 aromatic carbocycles. The molecule has 0 aliphatic heterocycles. The molecule has 0 saturated heterocycles. The number of halogens is 1. The molecule has 2 aromatic rings. The van der Waals surface area contributed by atoms with Crippen molar-refractivity contribution in [3.63, 3.8) is 0 Å². The smallest absolute Gasteiger partial charge is 0.181 e. The zero-order valence-electron chi connectivity index (χ0n) is 11.2. The Hall–Kier alpha value is -1.88. The number of nitrogens with zero attached hydrogens (tertiary/aromatic N) is 1. The van der Waals surface area contributed by atoms with Crippen LogP contribution in [-0.4, -0.2) is 18.1 Å². The van der Waals surface area contributed by atoms with Crippen LogP contribution in [0.4, 0.5) is 4.39 Å². The average molecular weight is 264 g/mol. The molecule has 0 unspecified atom stereocenters. The van der Waals surface area contributed by atoms with Crippen LogP contribution in [0.3, 0.4) is 0 Å². The molecule has 2 rings (SSSR count). The van der Waals surface area contributed by atoms with Crippen molar-refractivity contribution in [1.82, 2.24) is 10.3 Å². The lowest BCUT2D eigenvalue weighted by Crippen LogP contribution is -2.22. The number of ether oxygens (including phenoxy) is 1. The van der Waals surface area contributed by atoms with Gasteiger partial charge in [0.2, 0.25) is 0 Å². The monoisotopic (exact) mass is 264 g/mol. The predicted molar refractivity (Wildman–Crippen MR) is 70.4 cm³/mol. The van der Waals surface area contributed by atoms with Crippen LogP contribution >= 0.6 is 0 Å². The molecular formula is C14H17FN2O2. The Morgan fingerprint density at radius 3 is 2.84 bits per heavy atom. The highest BCUT2D eigenvalue weighted by atomic mass is 19.1. The number of rotatable bonds is 5. The number of nitrogens with one attached hydrogen (secondary N) is 1. The number of benzene rings is 1. The van der Waals surface area contributed by atoms with Crippen molar-refractivity contribution in [2.45, 2.75) is 26.4 Å². The Kier molecular flexibility index (Phi) is 4.16. The molecule has 1 N–H and O–H groups in total. The van der Waals surface area contributed by atoms with Gasteiger partial charge in [0.15, 0.2) is 12.2 Å². The van der Waals surface area contributed by atoms with Gasteiger partial charge in [-0.25, -0.2) is 9.37 Å². The van der Waals surface area contributed by atoms with Gasteiger partial charge in [0, 0.05) is 18.7 Å². The summed E-state index contributed by atoms with van der Waals surface area (Å²) in [7, 11) is 1.50. The Balaban J connectivity index is 2.29. The molecule has 0 amide bonds. The van der Waals surface area contributed by atoms with Crippen LogP contribution in [0.5, 0.6) is 5.75 Å². The number of aromatic nitrogens is 1. The molecule has 0 aliphatic carbocycles. The molecule has 0 fully saturated rings. The van der Waals surface area contributed by atoms with Gasteiger partial charge in [0.25, 0.3) is 0 Å². The van der Waals surface area contributed by atoms with Crippen molar-refractivity contribution in [3.05, 3.63) is 36.1 Å². The highest BCUT2D eigenvalue weighted by Crippen LogP contribution is 2.28. The summed E-state index contributed by atoms with van der Waals surface area (Å²) in [6.07, 6.45) is 1.33. The standard InChI is InChI=1S/C14H17FN2O2/c1-9(2)16-7-13-14(19-8-17-13)11-5-4-10(18-3)6-12(11)15/h4-6,8-9,16H,7H2,1-3H3. The SMILES string of the molecule is COc1ccc(-c2ocnc2CNC(C)C)c(F)c1. The molecule has 0 bridgehead atoms. The van der Waals surface area contributed by atoms with Crippen LogP contribution in [0.15, 0.2) is 29.0 Å². The zero-order valence-corrected chi connectivity index (χ0v) is 11.2. The van der Waals surface area contributed by atoms with Gasteiger partial charge in [-0.3, -0.25) is 0 Å². The minimum Gasteiger partial charge on any atom is -0.497 e. The van der Waals surface area contributed by atoms with E-state index < -0.39 is 0 Å². The number of hydrogen-bond acceptors (Lipinski definition) is 4.